The van der Waals surface area contributed by atoms with Gasteiger partial charge in [-0.1, -0.05) is 43.5 Å². The van der Waals surface area contributed by atoms with Crippen molar-refractivity contribution in [3.05, 3.63) is 76.0 Å². The van der Waals surface area contributed by atoms with Gasteiger partial charge in [0.05, 0.1) is 12.8 Å². The van der Waals surface area contributed by atoms with Crippen molar-refractivity contribution in [2.45, 2.75) is 50.7 Å². The zero-order chi connectivity index (χ0) is 27.2. The Morgan fingerprint density at radius 2 is 1.76 bits per heavy atom. The van der Waals surface area contributed by atoms with Gasteiger partial charge in [0.15, 0.2) is 5.69 Å². The first-order valence-electron chi connectivity index (χ1n) is 12.3. The molecule has 0 saturated heterocycles. The number of aromatic nitrogens is 1. The molecule has 1 atom stereocenters. The van der Waals surface area contributed by atoms with E-state index in [1.54, 1.807) is 36.4 Å². The number of ether oxygens (including phenoxy) is 1. The molecule has 11 heteroatoms. The molecule has 1 fully saturated rings. The fraction of sp³-hybridized carbons (Fsp3) is 0.333. The maximum Gasteiger partial charge on any atom is 0.270 e. The van der Waals surface area contributed by atoms with Crippen LogP contribution in [0.1, 0.15) is 69.4 Å². The van der Waals surface area contributed by atoms with Gasteiger partial charge in [-0.2, -0.15) is 4.37 Å². The highest BCUT2D eigenvalue weighted by atomic mass is 32.1. The molecule has 2 aromatic carbocycles. The summed E-state index contributed by atoms with van der Waals surface area (Å²) in [5.74, 6) is -1.64. The fourth-order valence-corrected chi connectivity index (χ4v) is 5.37. The second-order valence-corrected chi connectivity index (χ2v) is 9.99. The Bertz CT molecular complexity index is 1290. The molecule has 3 aromatic rings. The van der Waals surface area contributed by atoms with Crippen molar-refractivity contribution in [1.82, 2.24) is 14.6 Å². The van der Waals surface area contributed by atoms with Crippen LogP contribution < -0.4 is 21.5 Å². The number of nitrogens with one attached hydrogen (secondary N) is 1. The molecule has 1 aliphatic carbocycles. The minimum Gasteiger partial charge on any atom is -0.497 e. The van der Waals surface area contributed by atoms with E-state index in [2.05, 4.69) is 9.69 Å². The average molecular weight is 540 g/mol. The zero-order valence-electron chi connectivity index (χ0n) is 21.0. The zero-order valence-corrected chi connectivity index (χ0v) is 21.8. The molecule has 0 spiro atoms. The van der Waals surface area contributed by atoms with Gasteiger partial charge in [-0.25, -0.2) is 4.39 Å². The monoisotopic (exact) mass is 539 g/mol. The Morgan fingerprint density at radius 3 is 2.34 bits per heavy atom. The van der Waals surface area contributed by atoms with Gasteiger partial charge in [-0.15, -0.1) is 0 Å². The number of nitrogens with two attached hydrogens (primary N) is 2. The summed E-state index contributed by atoms with van der Waals surface area (Å²) in [6, 6.07) is 11.5. The van der Waals surface area contributed by atoms with Crippen molar-refractivity contribution in [3.63, 3.8) is 0 Å². The molecule has 4 rings (SSSR count). The number of halogens is 1. The second-order valence-electron chi connectivity index (χ2n) is 9.22. The first kappa shape index (κ1) is 27.1. The number of anilines is 1. The maximum absolute atomic E-state index is 14.0. The van der Waals surface area contributed by atoms with E-state index in [0.29, 0.717) is 16.9 Å². The number of benzene rings is 2. The van der Waals surface area contributed by atoms with E-state index < -0.39 is 23.7 Å². The van der Waals surface area contributed by atoms with Crippen LogP contribution in [0.3, 0.4) is 0 Å². The molecule has 200 valence electrons. The average Bonchev–Trinajstić information content (AvgIpc) is 3.31. The number of hydrogen-bond acceptors (Lipinski definition) is 7. The number of carbonyl (C=O) groups excluding carboxylic acids is 3. The molecule has 0 radical (unpaired) electrons. The number of rotatable bonds is 9. The standard InChI is InChI=1S/C27H30FN5O4S/c1-37-20-13-9-17(10-14-20)23(26(35)31-19-5-3-2-4-6-19)33(15-16-7-11-18(28)12-8-16)27(36)24-21(29)22(25(30)34)32-38-24/h7-14,19,23H,2-6,15,29H2,1H3,(H2,30,34)(H,31,35). The van der Waals surface area contributed by atoms with Crippen molar-refractivity contribution >= 4 is 34.9 Å². The largest absolute Gasteiger partial charge is 0.497 e. The second kappa shape index (κ2) is 12.0. The molecule has 0 aliphatic heterocycles. The topological polar surface area (TPSA) is 141 Å². The van der Waals surface area contributed by atoms with Crippen LogP contribution in [0.2, 0.25) is 0 Å². The summed E-state index contributed by atoms with van der Waals surface area (Å²) in [6.07, 6.45) is 4.87. The van der Waals surface area contributed by atoms with Gasteiger partial charge in [0.2, 0.25) is 5.91 Å². The number of hydrogen-bond donors (Lipinski definition) is 3. The Kier molecular flexibility index (Phi) is 8.57. The highest BCUT2D eigenvalue weighted by Crippen LogP contribution is 2.31. The molecule has 1 saturated carbocycles. The van der Waals surface area contributed by atoms with Gasteiger partial charge in [0.1, 0.15) is 22.5 Å². The van der Waals surface area contributed by atoms with Gasteiger partial charge in [0.25, 0.3) is 11.8 Å². The summed E-state index contributed by atoms with van der Waals surface area (Å²) in [7, 11) is 1.54. The lowest BCUT2D eigenvalue weighted by molar-refractivity contribution is -0.127. The van der Waals surface area contributed by atoms with Crippen molar-refractivity contribution in [2.24, 2.45) is 5.73 Å². The normalized spacial score (nSPS) is 14.5. The number of carbonyl (C=O) groups is 3. The van der Waals surface area contributed by atoms with Crippen LogP contribution in [0.5, 0.6) is 5.75 Å². The maximum atomic E-state index is 14.0. The van der Waals surface area contributed by atoms with Gasteiger partial charge >= 0.3 is 0 Å². The molecule has 0 bridgehead atoms. The number of nitrogens with zero attached hydrogens (tertiary/aromatic N) is 2. The third kappa shape index (κ3) is 6.10. The summed E-state index contributed by atoms with van der Waals surface area (Å²) in [5.41, 5.74) is 12.3. The van der Waals surface area contributed by atoms with Crippen LogP contribution >= 0.6 is 11.5 Å². The van der Waals surface area contributed by atoms with Crippen molar-refractivity contribution in [2.75, 3.05) is 12.8 Å². The van der Waals surface area contributed by atoms with Crippen LogP contribution in [-0.4, -0.2) is 40.1 Å². The van der Waals surface area contributed by atoms with Gasteiger partial charge in [0, 0.05) is 12.6 Å². The van der Waals surface area contributed by atoms with Gasteiger partial charge < -0.3 is 26.4 Å². The molecule has 3 amide bonds. The van der Waals surface area contributed by atoms with E-state index in [1.165, 1.54) is 24.1 Å². The van der Waals surface area contributed by atoms with Crippen LogP contribution in [0.25, 0.3) is 0 Å². The van der Waals surface area contributed by atoms with E-state index in [-0.39, 0.29) is 34.8 Å². The van der Waals surface area contributed by atoms with Crippen LogP contribution in [0.15, 0.2) is 48.5 Å². The van der Waals surface area contributed by atoms with Crippen molar-refractivity contribution in [1.29, 1.82) is 0 Å². The Balaban J connectivity index is 1.78. The van der Waals surface area contributed by atoms with Crippen molar-refractivity contribution < 1.29 is 23.5 Å². The summed E-state index contributed by atoms with van der Waals surface area (Å²) in [4.78, 5) is 41.0. The number of nitrogen functional groups attached to an aromatic ring is 1. The predicted octanol–water partition coefficient (Wildman–Crippen LogP) is 3.80. The third-order valence-electron chi connectivity index (χ3n) is 6.63. The predicted molar refractivity (Wildman–Crippen MR) is 142 cm³/mol. The fourth-order valence-electron chi connectivity index (χ4n) is 4.61. The van der Waals surface area contributed by atoms with E-state index in [4.69, 9.17) is 16.2 Å². The van der Waals surface area contributed by atoms with E-state index in [1.807, 2.05) is 0 Å². The molecule has 5 N–H and O–H groups in total. The first-order valence-corrected chi connectivity index (χ1v) is 13.1. The molecule has 9 nitrogen and oxygen atoms in total. The van der Waals surface area contributed by atoms with Crippen molar-refractivity contribution in [3.8, 4) is 5.75 Å². The van der Waals surface area contributed by atoms with Gasteiger partial charge in [-0.3, -0.25) is 14.4 Å². The summed E-state index contributed by atoms with van der Waals surface area (Å²) in [6.45, 7) is -0.0306. The highest BCUT2D eigenvalue weighted by molar-refractivity contribution is 7.09. The molecule has 1 aromatic heterocycles. The lowest BCUT2D eigenvalue weighted by Crippen LogP contribution is -2.46. The molecule has 38 heavy (non-hydrogen) atoms. The number of methoxy groups -OCH3 is 1. The lowest BCUT2D eigenvalue weighted by Gasteiger charge is -2.33. The van der Waals surface area contributed by atoms with E-state index in [9.17, 15) is 18.8 Å². The molecule has 1 heterocycles. The lowest BCUT2D eigenvalue weighted by atomic mass is 9.94. The van der Waals surface area contributed by atoms with Crippen LogP contribution in [-0.2, 0) is 11.3 Å². The highest BCUT2D eigenvalue weighted by Gasteiger charge is 2.36. The third-order valence-corrected chi connectivity index (χ3v) is 7.48. The number of primary amides is 1. The first-order chi connectivity index (χ1) is 18.3. The number of amides is 3. The minimum atomic E-state index is -1.06. The molecular weight excluding hydrogens is 509 g/mol. The molecular formula is C27H30FN5O4S. The quantitative estimate of drug-likeness (QED) is 0.378. The van der Waals surface area contributed by atoms with E-state index >= 15 is 0 Å². The summed E-state index contributed by atoms with van der Waals surface area (Å²) >= 11 is 0.741. The summed E-state index contributed by atoms with van der Waals surface area (Å²) in [5, 5.41) is 3.12. The SMILES string of the molecule is COc1ccc(C(C(=O)NC2CCCCC2)N(Cc2ccc(F)cc2)C(=O)c2snc(C(N)=O)c2N)cc1. The smallest absolute Gasteiger partial charge is 0.270 e. The Morgan fingerprint density at radius 1 is 1.11 bits per heavy atom. The molecule has 1 unspecified atom stereocenters. The minimum absolute atomic E-state index is 0.00490. The Hall–Kier alpha value is -3.99. The van der Waals surface area contributed by atoms with E-state index in [0.717, 1.165) is 43.6 Å². The van der Waals surface area contributed by atoms with Crippen LogP contribution in [0, 0.1) is 5.82 Å². The molecule has 1 aliphatic rings. The van der Waals surface area contributed by atoms with Crippen LogP contribution in [0.4, 0.5) is 10.1 Å². The summed E-state index contributed by atoms with van der Waals surface area (Å²) < 4.78 is 22.9. The van der Waals surface area contributed by atoms with Gasteiger partial charge in [-0.05, 0) is 59.8 Å². The Labute approximate surface area is 224 Å².